The highest BCUT2D eigenvalue weighted by Crippen LogP contribution is 2.20. The van der Waals surface area contributed by atoms with Gasteiger partial charge < -0.3 is 25.6 Å². The number of rotatable bonds is 8. The van der Waals surface area contributed by atoms with E-state index in [1.165, 1.54) is 0 Å². The Hall–Kier alpha value is -3.10. The monoisotopic (exact) mass is 502 g/mol. The molecule has 2 rings (SSSR count). The van der Waals surface area contributed by atoms with E-state index < -0.39 is 23.8 Å². The number of aryl methyl sites for hydroxylation is 1. The standard InChI is InChI=1S/C27H42N4O5/c1-17(2)22(30-26(35)36-27(5,6)7)25(34)31-14-12-21(13-15-31)24(33)29-19(4)23(32)28-16-20-10-8-18(3)9-11-20/h8-11,17,19,21-22H,12-16H2,1-7H3,(H,28,32)(H,29,33)(H,30,35). The Morgan fingerprint density at radius 2 is 1.58 bits per heavy atom. The van der Waals surface area contributed by atoms with E-state index in [2.05, 4.69) is 16.0 Å². The molecule has 1 saturated heterocycles. The SMILES string of the molecule is Cc1ccc(CNC(=O)C(C)NC(=O)C2CCN(C(=O)C(NC(=O)OC(C)(C)C)C(C)C)CC2)cc1. The quantitative estimate of drug-likeness (QED) is 0.505. The van der Waals surface area contributed by atoms with E-state index >= 15 is 0 Å². The first-order valence-corrected chi connectivity index (χ1v) is 12.7. The molecule has 1 fully saturated rings. The molecular weight excluding hydrogens is 460 g/mol. The van der Waals surface area contributed by atoms with E-state index in [0.29, 0.717) is 32.5 Å². The summed E-state index contributed by atoms with van der Waals surface area (Å²) >= 11 is 0. The summed E-state index contributed by atoms with van der Waals surface area (Å²) < 4.78 is 5.30. The summed E-state index contributed by atoms with van der Waals surface area (Å²) in [6.07, 6.45) is 0.359. The number of hydrogen-bond donors (Lipinski definition) is 3. The van der Waals surface area contributed by atoms with E-state index in [9.17, 15) is 19.2 Å². The Morgan fingerprint density at radius 3 is 2.11 bits per heavy atom. The third-order valence-electron chi connectivity index (χ3n) is 6.12. The van der Waals surface area contributed by atoms with Crippen molar-refractivity contribution in [2.75, 3.05) is 13.1 Å². The zero-order valence-electron chi connectivity index (χ0n) is 22.6. The van der Waals surface area contributed by atoms with Gasteiger partial charge in [0.2, 0.25) is 17.7 Å². The number of carbonyl (C=O) groups is 4. The molecule has 0 spiro atoms. The molecule has 0 radical (unpaired) electrons. The molecule has 0 bridgehead atoms. The van der Waals surface area contributed by atoms with Gasteiger partial charge >= 0.3 is 6.09 Å². The van der Waals surface area contributed by atoms with E-state index in [1.54, 1.807) is 32.6 Å². The predicted octanol–water partition coefficient (Wildman–Crippen LogP) is 2.90. The first kappa shape index (κ1) is 29.1. The van der Waals surface area contributed by atoms with Gasteiger partial charge in [-0.2, -0.15) is 0 Å². The van der Waals surface area contributed by atoms with Gasteiger partial charge in [-0.3, -0.25) is 14.4 Å². The van der Waals surface area contributed by atoms with Crippen LogP contribution in [-0.2, 0) is 25.7 Å². The molecule has 3 N–H and O–H groups in total. The molecule has 9 heteroatoms. The fourth-order valence-electron chi connectivity index (χ4n) is 3.95. The maximum Gasteiger partial charge on any atom is 0.408 e. The maximum atomic E-state index is 13.1. The van der Waals surface area contributed by atoms with Crippen LogP contribution in [0.2, 0.25) is 0 Å². The molecule has 1 aromatic rings. The van der Waals surface area contributed by atoms with Gasteiger partial charge in [-0.15, -0.1) is 0 Å². The van der Waals surface area contributed by atoms with Crippen molar-refractivity contribution in [1.29, 1.82) is 0 Å². The largest absolute Gasteiger partial charge is 0.444 e. The molecule has 1 heterocycles. The summed E-state index contributed by atoms with van der Waals surface area (Å²) in [6.45, 7) is 13.9. The van der Waals surface area contributed by atoms with Crippen LogP contribution in [0.15, 0.2) is 24.3 Å². The summed E-state index contributed by atoms with van der Waals surface area (Å²) in [5.74, 6) is -1.02. The lowest BCUT2D eigenvalue weighted by molar-refractivity contribution is -0.138. The Balaban J connectivity index is 1.82. The van der Waals surface area contributed by atoms with Crippen molar-refractivity contribution in [2.45, 2.75) is 85.5 Å². The van der Waals surface area contributed by atoms with E-state index in [4.69, 9.17) is 4.74 Å². The van der Waals surface area contributed by atoms with E-state index in [1.807, 2.05) is 45.0 Å². The molecule has 1 aliphatic rings. The number of hydrogen-bond acceptors (Lipinski definition) is 5. The van der Waals surface area contributed by atoms with Gasteiger partial charge in [-0.05, 0) is 58.9 Å². The van der Waals surface area contributed by atoms with Gasteiger partial charge in [0.25, 0.3) is 0 Å². The lowest BCUT2D eigenvalue weighted by atomic mass is 9.94. The molecule has 1 aliphatic heterocycles. The Bertz CT molecular complexity index is 915. The number of alkyl carbamates (subject to hydrolysis) is 1. The van der Waals surface area contributed by atoms with Crippen molar-refractivity contribution in [1.82, 2.24) is 20.9 Å². The molecule has 0 aliphatic carbocycles. The van der Waals surface area contributed by atoms with Crippen LogP contribution in [0, 0.1) is 18.8 Å². The van der Waals surface area contributed by atoms with E-state index in [0.717, 1.165) is 11.1 Å². The summed E-state index contributed by atoms with van der Waals surface area (Å²) in [5.41, 5.74) is 1.48. The molecule has 36 heavy (non-hydrogen) atoms. The Kier molecular flexibility index (Phi) is 10.3. The lowest BCUT2D eigenvalue weighted by Gasteiger charge is -2.35. The summed E-state index contributed by atoms with van der Waals surface area (Å²) in [7, 11) is 0. The minimum absolute atomic E-state index is 0.120. The molecule has 4 amide bonds. The molecule has 2 unspecified atom stereocenters. The number of amides is 4. The summed E-state index contributed by atoms with van der Waals surface area (Å²) in [4.78, 5) is 52.2. The highest BCUT2D eigenvalue weighted by molar-refractivity contribution is 5.89. The first-order valence-electron chi connectivity index (χ1n) is 12.7. The fraction of sp³-hybridized carbons (Fsp3) is 0.630. The number of likely N-dealkylation sites (tertiary alicyclic amines) is 1. The molecular formula is C27H42N4O5. The number of benzene rings is 1. The van der Waals surface area contributed by atoms with Gasteiger partial charge in [0.15, 0.2) is 0 Å². The summed E-state index contributed by atoms with van der Waals surface area (Å²) in [6, 6.07) is 6.52. The van der Waals surface area contributed by atoms with Crippen LogP contribution in [0.4, 0.5) is 4.79 Å². The van der Waals surface area contributed by atoms with Crippen molar-refractivity contribution in [3.63, 3.8) is 0 Å². The number of nitrogens with zero attached hydrogens (tertiary/aromatic N) is 1. The van der Waals surface area contributed by atoms with Crippen LogP contribution in [0.1, 0.15) is 65.5 Å². The number of ether oxygens (including phenoxy) is 1. The van der Waals surface area contributed by atoms with Crippen LogP contribution in [0.3, 0.4) is 0 Å². The van der Waals surface area contributed by atoms with Crippen LogP contribution in [0.5, 0.6) is 0 Å². The van der Waals surface area contributed by atoms with Crippen LogP contribution in [0.25, 0.3) is 0 Å². The molecule has 0 saturated carbocycles. The van der Waals surface area contributed by atoms with Crippen molar-refractivity contribution in [3.8, 4) is 0 Å². The average Bonchev–Trinajstić information content (AvgIpc) is 2.80. The number of carbonyl (C=O) groups excluding carboxylic acids is 4. The van der Waals surface area contributed by atoms with Crippen molar-refractivity contribution < 1.29 is 23.9 Å². The predicted molar refractivity (Wildman–Crippen MR) is 138 cm³/mol. The third-order valence-corrected chi connectivity index (χ3v) is 6.12. The average molecular weight is 503 g/mol. The minimum Gasteiger partial charge on any atom is -0.444 e. The lowest BCUT2D eigenvalue weighted by Crippen LogP contribution is -2.54. The Labute approximate surface area is 214 Å². The molecule has 9 nitrogen and oxygen atoms in total. The van der Waals surface area contributed by atoms with Crippen LogP contribution in [-0.4, -0.2) is 59.5 Å². The topological polar surface area (TPSA) is 117 Å². The molecule has 0 aromatic heterocycles. The smallest absolute Gasteiger partial charge is 0.408 e. The minimum atomic E-state index is -0.706. The highest BCUT2D eigenvalue weighted by atomic mass is 16.6. The maximum absolute atomic E-state index is 13.1. The second kappa shape index (κ2) is 12.7. The van der Waals surface area contributed by atoms with Crippen LogP contribution >= 0.6 is 0 Å². The van der Waals surface area contributed by atoms with Crippen molar-refractivity contribution in [3.05, 3.63) is 35.4 Å². The second-order valence-corrected chi connectivity index (χ2v) is 10.9. The van der Waals surface area contributed by atoms with Crippen molar-refractivity contribution in [2.24, 2.45) is 11.8 Å². The van der Waals surface area contributed by atoms with Gasteiger partial charge in [0.1, 0.15) is 17.7 Å². The highest BCUT2D eigenvalue weighted by Gasteiger charge is 2.34. The summed E-state index contributed by atoms with van der Waals surface area (Å²) in [5, 5.41) is 8.34. The van der Waals surface area contributed by atoms with Gasteiger partial charge in [-0.25, -0.2) is 4.79 Å². The number of piperidine rings is 1. The van der Waals surface area contributed by atoms with E-state index in [-0.39, 0.29) is 29.6 Å². The van der Waals surface area contributed by atoms with Gasteiger partial charge in [0, 0.05) is 25.6 Å². The molecule has 2 atom stereocenters. The van der Waals surface area contributed by atoms with Crippen molar-refractivity contribution >= 4 is 23.8 Å². The van der Waals surface area contributed by atoms with Gasteiger partial charge in [-0.1, -0.05) is 43.7 Å². The zero-order valence-corrected chi connectivity index (χ0v) is 22.6. The zero-order chi connectivity index (χ0) is 27.0. The second-order valence-electron chi connectivity index (χ2n) is 10.9. The molecule has 200 valence electrons. The normalized spacial score (nSPS) is 16.2. The Morgan fingerprint density at radius 1 is 1.00 bits per heavy atom. The van der Waals surface area contributed by atoms with Crippen LogP contribution < -0.4 is 16.0 Å². The molecule has 1 aromatic carbocycles. The number of nitrogens with one attached hydrogen (secondary N) is 3. The third kappa shape index (κ3) is 9.17. The fourth-order valence-corrected chi connectivity index (χ4v) is 3.95. The first-order chi connectivity index (χ1) is 16.8. The van der Waals surface area contributed by atoms with Gasteiger partial charge in [0.05, 0.1) is 0 Å².